The van der Waals surface area contributed by atoms with Crippen LogP contribution in [0, 0.1) is 5.41 Å². The molecular formula is C15H17BrO5. The molecule has 0 aliphatic carbocycles. The van der Waals surface area contributed by atoms with Crippen molar-refractivity contribution < 1.29 is 23.8 Å². The third kappa shape index (κ3) is 2.31. The van der Waals surface area contributed by atoms with Crippen molar-refractivity contribution in [1.82, 2.24) is 0 Å². The normalized spacial score (nSPS) is 18.1. The Bertz CT molecular complexity index is 578. The Morgan fingerprint density at radius 3 is 2.29 bits per heavy atom. The van der Waals surface area contributed by atoms with E-state index in [1.54, 1.807) is 19.9 Å². The van der Waals surface area contributed by atoms with Gasteiger partial charge in [-0.2, -0.15) is 0 Å². The van der Waals surface area contributed by atoms with Crippen LogP contribution in [0.1, 0.15) is 19.4 Å². The van der Waals surface area contributed by atoms with Crippen LogP contribution in [0.3, 0.4) is 0 Å². The highest BCUT2D eigenvalue weighted by Gasteiger charge is 2.63. The van der Waals surface area contributed by atoms with Crippen LogP contribution < -0.4 is 4.74 Å². The first kappa shape index (κ1) is 15.8. The lowest BCUT2D eigenvalue weighted by Gasteiger charge is -2.45. The summed E-state index contributed by atoms with van der Waals surface area (Å²) >= 11 is 3.38. The zero-order valence-electron chi connectivity index (χ0n) is 12.4. The third-order valence-electron chi connectivity index (χ3n) is 3.94. The fraction of sp³-hybridized carbons (Fsp3) is 0.467. The van der Waals surface area contributed by atoms with E-state index < -0.39 is 23.0 Å². The van der Waals surface area contributed by atoms with Crippen LogP contribution in [0.25, 0.3) is 0 Å². The second-order valence-electron chi connectivity index (χ2n) is 5.43. The number of fused-ring (bicyclic) bond motifs is 1. The van der Waals surface area contributed by atoms with Crippen LogP contribution >= 0.6 is 15.9 Å². The monoisotopic (exact) mass is 356 g/mol. The van der Waals surface area contributed by atoms with Crippen molar-refractivity contribution in [1.29, 1.82) is 0 Å². The van der Waals surface area contributed by atoms with Crippen LogP contribution in [-0.2, 0) is 25.5 Å². The van der Waals surface area contributed by atoms with Crippen molar-refractivity contribution in [2.75, 3.05) is 14.2 Å². The number of halogens is 1. The second-order valence-corrected chi connectivity index (χ2v) is 6.35. The molecule has 0 saturated heterocycles. The Kier molecular flexibility index (Phi) is 4.02. The number of ether oxygens (including phenoxy) is 3. The number of esters is 2. The van der Waals surface area contributed by atoms with Crippen LogP contribution in [0.15, 0.2) is 22.7 Å². The Hall–Kier alpha value is -1.56. The Labute approximate surface area is 131 Å². The van der Waals surface area contributed by atoms with Gasteiger partial charge in [-0.25, -0.2) is 0 Å². The standard InChI is InChI=1S/C15H17BrO5/c1-14(2)15(12(17)19-3,13(18)20-4)8-9-7-10(16)5-6-11(9)21-14/h5-7H,8H2,1-4H3. The summed E-state index contributed by atoms with van der Waals surface area (Å²) in [6.45, 7) is 3.37. The second kappa shape index (κ2) is 5.33. The van der Waals surface area contributed by atoms with Crippen LogP contribution in [0.5, 0.6) is 5.75 Å². The minimum atomic E-state index is -1.54. The fourth-order valence-corrected chi connectivity index (χ4v) is 3.12. The predicted octanol–water partition coefficient (Wildman–Crippen LogP) is 2.50. The molecule has 1 aliphatic rings. The lowest BCUT2D eigenvalue weighted by molar-refractivity contribution is -0.186. The molecule has 6 heteroatoms. The molecule has 0 unspecified atom stereocenters. The van der Waals surface area contributed by atoms with Gasteiger partial charge in [0.05, 0.1) is 14.2 Å². The first-order valence-electron chi connectivity index (χ1n) is 6.43. The van der Waals surface area contributed by atoms with Crippen molar-refractivity contribution in [3.63, 3.8) is 0 Å². The SMILES string of the molecule is COC(=O)C1(C(=O)OC)Cc2cc(Br)ccc2OC1(C)C. The largest absolute Gasteiger partial charge is 0.486 e. The Balaban J connectivity index is 2.64. The number of carbonyl (C=O) groups excluding carboxylic acids is 2. The molecule has 1 aliphatic heterocycles. The summed E-state index contributed by atoms with van der Waals surface area (Å²) in [5.74, 6) is -0.679. The van der Waals surface area contributed by atoms with Gasteiger partial charge >= 0.3 is 11.9 Å². The van der Waals surface area contributed by atoms with E-state index in [9.17, 15) is 9.59 Å². The molecule has 114 valence electrons. The van der Waals surface area contributed by atoms with Gasteiger partial charge in [-0.15, -0.1) is 0 Å². The van der Waals surface area contributed by atoms with Gasteiger partial charge in [-0.1, -0.05) is 15.9 Å². The number of hydrogen-bond donors (Lipinski definition) is 0. The van der Waals surface area contributed by atoms with Crippen LogP contribution in [0.4, 0.5) is 0 Å². The van der Waals surface area contributed by atoms with E-state index >= 15 is 0 Å². The van der Waals surface area contributed by atoms with Crippen molar-refractivity contribution in [2.45, 2.75) is 25.9 Å². The summed E-state index contributed by atoms with van der Waals surface area (Å²) in [6.07, 6.45) is 0.161. The molecule has 0 atom stereocenters. The molecular weight excluding hydrogens is 340 g/mol. The molecule has 5 nitrogen and oxygen atoms in total. The number of carbonyl (C=O) groups is 2. The molecule has 1 aromatic rings. The average Bonchev–Trinajstić information content (AvgIpc) is 2.44. The number of rotatable bonds is 2. The van der Waals surface area contributed by atoms with Gasteiger partial charge in [-0.05, 0) is 37.6 Å². The average molecular weight is 357 g/mol. The smallest absolute Gasteiger partial charge is 0.327 e. The molecule has 0 radical (unpaired) electrons. The molecule has 0 amide bonds. The highest BCUT2D eigenvalue weighted by Crippen LogP contribution is 2.47. The minimum Gasteiger partial charge on any atom is -0.486 e. The minimum absolute atomic E-state index is 0.161. The summed E-state index contributed by atoms with van der Waals surface area (Å²) in [5.41, 5.74) is -1.88. The van der Waals surface area contributed by atoms with Crippen molar-refractivity contribution in [3.8, 4) is 5.75 Å². The Morgan fingerprint density at radius 2 is 1.76 bits per heavy atom. The van der Waals surface area contributed by atoms with E-state index in [0.29, 0.717) is 5.75 Å². The lowest BCUT2D eigenvalue weighted by Crippen LogP contribution is -2.61. The van der Waals surface area contributed by atoms with Crippen molar-refractivity contribution >= 4 is 27.9 Å². The summed E-state index contributed by atoms with van der Waals surface area (Å²) < 4.78 is 16.5. The first-order valence-corrected chi connectivity index (χ1v) is 7.22. The van der Waals surface area contributed by atoms with Gasteiger partial charge in [-0.3, -0.25) is 9.59 Å². The van der Waals surface area contributed by atoms with Crippen LogP contribution in [0.2, 0.25) is 0 Å². The summed E-state index contributed by atoms with van der Waals surface area (Å²) in [4.78, 5) is 24.8. The first-order chi connectivity index (χ1) is 9.78. The summed E-state index contributed by atoms with van der Waals surface area (Å²) in [5, 5.41) is 0. The van der Waals surface area contributed by atoms with E-state index in [-0.39, 0.29) is 6.42 Å². The third-order valence-corrected chi connectivity index (χ3v) is 4.43. The molecule has 21 heavy (non-hydrogen) atoms. The molecule has 0 aromatic heterocycles. The van der Waals surface area contributed by atoms with E-state index in [4.69, 9.17) is 14.2 Å². The van der Waals surface area contributed by atoms with Crippen LogP contribution in [-0.4, -0.2) is 31.8 Å². The highest BCUT2D eigenvalue weighted by atomic mass is 79.9. The summed E-state index contributed by atoms with van der Waals surface area (Å²) in [7, 11) is 2.50. The fourth-order valence-electron chi connectivity index (χ4n) is 2.71. The molecule has 0 fully saturated rings. The number of hydrogen-bond acceptors (Lipinski definition) is 5. The molecule has 0 N–H and O–H groups in total. The number of methoxy groups -OCH3 is 2. The number of benzene rings is 1. The predicted molar refractivity (Wildman–Crippen MR) is 79.0 cm³/mol. The maximum Gasteiger partial charge on any atom is 0.327 e. The zero-order chi connectivity index (χ0) is 15.8. The Morgan fingerprint density at radius 1 is 1.19 bits per heavy atom. The molecule has 0 spiro atoms. The van der Waals surface area contributed by atoms with E-state index in [0.717, 1.165) is 10.0 Å². The van der Waals surface area contributed by atoms with Crippen molar-refractivity contribution in [3.05, 3.63) is 28.2 Å². The lowest BCUT2D eigenvalue weighted by atomic mass is 9.67. The van der Waals surface area contributed by atoms with Gasteiger partial charge < -0.3 is 14.2 Å². The molecule has 1 heterocycles. The topological polar surface area (TPSA) is 61.8 Å². The van der Waals surface area contributed by atoms with Gasteiger partial charge in [0.1, 0.15) is 11.4 Å². The maximum atomic E-state index is 12.4. The van der Waals surface area contributed by atoms with E-state index in [1.807, 2.05) is 12.1 Å². The van der Waals surface area contributed by atoms with Gasteiger partial charge in [0.15, 0.2) is 0 Å². The molecule has 0 bridgehead atoms. The van der Waals surface area contributed by atoms with Crippen molar-refractivity contribution in [2.24, 2.45) is 5.41 Å². The zero-order valence-corrected chi connectivity index (χ0v) is 13.9. The highest BCUT2D eigenvalue weighted by molar-refractivity contribution is 9.10. The summed E-state index contributed by atoms with van der Waals surface area (Å²) in [6, 6.07) is 5.48. The van der Waals surface area contributed by atoms with E-state index in [1.165, 1.54) is 14.2 Å². The molecule has 0 saturated carbocycles. The molecule has 2 rings (SSSR count). The van der Waals surface area contributed by atoms with E-state index in [2.05, 4.69) is 15.9 Å². The van der Waals surface area contributed by atoms with Gasteiger partial charge in [0.2, 0.25) is 5.41 Å². The quantitative estimate of drug-likeness (QED) is 0.601. The van der Waals surface area contributed by atoms with Gasteiger partial charge in [0, 0.05) is 10.9 Å². The molecule has 1 aromatic carbocycles. The maximum absolute atomic E-state index is 12.4. The van der Waals surface area contributed by atoms with Gasteiger partial charge in [0.25, 0.3) is 0 Å².